The zero-order chi connectivity index (χ0) is 13.3. The van der Waals surface area contributed by atoms with Gasteiger partial charge in [0.25, 0.3) is 0 Å². The fourth-order valence-corrected chi connectivity index (χ4v) is 1.55. The van der Waals surface area contributed by atoms with E-state index in [2.05, 4.69) is 13.5 Å². The van der Waals surface area contributed by atoms with Gasteiger partial charge in [-0.3, -0.25) is 0 Å². The maximum absolute atomic E-state index is 11.2. The van der Waals surface area contributed by atoms with E-state index in [9.17, 15) is 9.90 Å². The number of ether oxygens (including phenoxy) is 1. The van der Waals surface area contributed by atoms with Gasteiger partial charge in [-0.15, -0.1) is 0 Å². The molecule has 3 heteroatoms. The smallest absolute Gasteiger partial charge is 0.333 e. The molecule has 0 rings (SSSR count). The lowest BCUT2D eigenvalue weighted by molar-refractivity contribution is -0.147. The second kappa shape index (κ2) is 8.29. The molecule has 0 aliphatic carbocycles. The van der Waals surface area contributed by atoms with Crippen LogP contribution in [0.3, 0.4) is 0 Å². The van der Waals surface area contributed by atoms with Crippen molar-refractivity contribution in [2.45, 2.75) is 64.9 Å². The molecule has 100 valence electrons. The average molecular weight is 242 g/mol. The Morgan fingerprint density at radius 3 is 2.41 bits per heavy atom. The first-order valence-corrected chi connectivity index (χ1v) is 6.50. The van der Waals surface area contributed by atoms with Gasteiger partial charge in [0.1, 0.15) is 6.61 Å². The van der Waals surface area contributed by atoms with Crippen molar-refractivity contribution < 1.29 is 14.6 Å². The van der Waals surface area contributed by atoms with Gasteiger partial charge in [0.05, 0.1) is 5.60 Å². The summed E-state index contributed by atoms with van der Waals surface area (Å²) >= 11 is 0. The first kappa shape index (κ1) is 16.2. The van der Waals surface area contributed by atoms with Crippen LogP contribution in [0.1, 0.15) is 59.3 Å². The molecule has 0 aliphatic heterocycles. The normalized spacial score (nSPS) is 14.1. The summed E-state index contributed by atoms with van der Waals surface area (Å²) in [6, 6.07) is 0. The van der Waals surface area contributed by atoms with Crippen molar-refractivity contribution in [1.82, 2.24) is 0 Å². The number of rotatable bonds is 9. The van der Waals surface area contributed by atoms with Gasteiger partial charge in [-0.2, -0.15) is 0 Å². The van der Waals surface area contributed by atoms with E-state index >= 15 is 0 Å². The molecule has 1 atom stereocenters. The van der Waals surface area contributed by atoms with Gasteiger partial charge >= 0.3 is 5.97 Å². The highest BCUT2D eigenvalue weighted by Crippen LogP contribution is 2.20. The number of hydrogen-bond acceptors (Lipinski definition) is 3. The summed E-state index contributed by atoms with van der Waals surface area (Å²) in [5.74, 6) is -0.426. The highest BCUT2D eigenvalue weighted by molar-refractivity contribution is 5.86. The minimum atomic E-state index is -0.876. The predicted octanol–water partition coefficient (Wildman–Crippen LogP) is 3.22. The van der Waals surface area contributed by atoms with E-state index in [-0.39, 0.29) is 6.61 Å². The fourth-order valence-electron chi connectivity index (χ4n) is 1.55. The SMILES string of the molecule is C=C(C)C(=O)OCC(O)(CC)CCCCCC. The third-order valence-electron chi connectivity index (χ3n) is 2.97. The van der Waals surface area contributed by atoms with Crippen molar-refractivity contribution in [1.29, 1.82) is 0 Å². The van der Waals surface area contributed by atoms with Crippen molar-refractivity contribution in [3.8, 4) is 0 Å². The maximum atomic E-state index is 11.2. The van der Waals surface area contributed by atoms with Crippen molar-refractivity contribution in [3.05, 3.63) is 12.2 Å². The summed E-state index contributed by atoms with van der Waals surface area (Å²) in [7, 11) is 0. The molecule has 0 aromatic rings. The average Bonchev–Trinajstić information content (AvgIpc) is 2.31. The van der Waals surface area contributed by atoms with E-state index in [0.717, 1.165) is 12.8 Å². The molecule has 3 nitrogen and oxygen atoms in total. The number of aliphatic hydroxyl groups is 1. The summed E-state index contributed by atoms with van der Waals surface area (Å²) < 4.78 is 5.03. The molecule has 0 saturated carbocycles. The minimum Gasteiger partial charge on any atom is -0.459 e. The molecule has 17 heavy (non-hydrogen) atoms. The molecule has 0 aromatic heterocycles. The van der Waals surface area contributed by atoms with Gasteiger partial charge in [-0.25, -0.2) is 4.79 Å². The lowest BCUT2D eigenvalue weighted by Gasteiger charge is -2.26. The van der Waals surface area contributed by atoms with Gasteiger partial charge in [0.2, 0.25) is 0 Å². The Hall–Kier alpha value is -0.830. The molecular formula is C14H26O3. The number of carbonyl (C=O) groups is 1. The maximum Gasteiger partial charge on any atom is 0.333 e. The summed E-state index contributed by atoms with van der Waals surface area (Å²) in [5.41, 5.74) is -0.506. The molecule has 1 N–H and O–H groups in total. The second-order valence-electron chi connectivity index (χ2n) is 4.75. The van der Waals surface area contributed by atoms with Gasteiger partial charge < -0.3 is 9.84 Å². The van der Waals surface area contributed by atoms with Crippen LogP contribution in [0, 0.1) is 0 Å². The molecule has 0 aliphatic rings. The van der Waals surface area contributed by atoms with Crippen LogP contribution in [0.4, 0.5) is 0 Å². The molecule has 0 heterocycles. The quantitative estimate of drug-likeness (QED) is 0.383. The van der Waals surface area contributed by atoms with Crippen LogP contribution in [0.25, 0.3) is 0 Å². The van der Waals surface area contributed by atoms with Crippen LogP contribution in [-0.2, 0) is 9.53 Å². The van der Waals surface area contributed by atoms with Gasteiger partial charge in [0, 0.05) is 5.57 Å². The fraction of sp³-hybridized carbons (Fsp3) is 0.786. The molecular weight excluding hydrogens is 216 g/mol. The Morgan fingerprint density at radius 1 is 1.29 bits per heavy atom. The third-order valence-corrected chi connectivity index (χ3v) is 2.97. The van der Waals surface area contributed by atoms with E-state index < -0.39 is 11.6 Å². The van der Waals surface area contributed by atoms with Gasteiger partial charge in [-0.05, 0) is 19.8 Å². The zero-order valence-corrected chi connectivity index (χ0v) is 11.4. The zero-order valence-electron chi connectivity index (χ0n) is 11.4. The van der Waals surface area contributed by atoms with Gasteiger partial charge in [-0.1, -0.05) is 46.1 Å². The highest BCUT2D eigenvalue weighted by atomic mass is 16.5. The summed E-state index contributed by atoms with van der Waals surface area (Å²) in [6.45, 7) is 9.25. The monoisotopic (exact) mass is 242 g/mol. The van der Waals surface area contributed by atoms with E-state index in [4.69, 9.17) is 4.74 Å². The topological polar surface area (TPSA) is 46.5 Å². The Labute approximate surface area is 105 Å². The van der Waals surface area contributed by atoms with E-state index in [1.54, 1.807) is 6.92 Å². The van der Waals surface area contributed by atoms with E-state index in [0.29, 0.717) is 18.4 Å². The van der Waals surface area contributed by atoms with Crippen LogP contribution >= 0.6 is 0 Å². The predicted molar refractivity (Wildman–Crippen MR) is 69.8 cm³/mol. The van der Waals surface area contributed by atoms with Gasteiger partial charge in [0.15, 0.2) is 0 Å². The molecule has 0 fully saturated rings. The number of carbonyl (C=O) groups excluding carboxylic acids is 1. The lowest BCUT2D eigenvalue weighted by atomic mass is 9.94. The van der Waals surface area contributed by atoms with Crippen molar-refractivity contribution in [2.24, 2.45) is 0 Å². The number of unbranched alkanes of at least 4 members (excludes halogenated alkanes) is 3. The summed E-state index contributed by atoms with van der Waals surface area (Å²) in [5, 5.41) is 10.2. The first-order valence-electron chi connectivity index (χ1n) is 6.50. The van der Waals surface area contributed by atoms with Crippen LogP contribution in [0.15, 0.2) is 12.2 Å². The second-order valence-corrected chi connectivity index (χ2v) is 4.75. The Bertz CT molecular complexity index is 248. The molecule has 0 bridgehead atoms. The highest BCUT2D eigenvalue weighted by Gasteiger charge is 2.26. The minimum absolute atomic E-state index is 0.0708. The number of hydrogen-bond donors (Lipinski definition) is 1. The Kier molecular flexibility index (Phi) is 7.88. The van der Waals surface area contributed by atoms with Crippen LogP contribution in [0.2, 0.25) is 0 Å². The molecule has 0 radical (unpaired) electrons. The van der Waals surface area contributed by atoms with Crippen LogP contribution in [0.5, 0.6) is 0 Å². The largest absolute Gasteiger partial charge is 0.459 e. The molecule has 1 unspecified atom stereocenters. The van der Waals surface area contributed by atoms with Crippen molar-refractivity contribution >= 4 is 5.97 Å². The van der Waals surface area contributed by atoms with Crippen molar-refractivity contribution in [3.63, 3.8) is 0 Å². The molecule has 0 spiro atoms. The lowest BCUT2D eigenvalue weighted by Crippen LogP contribution is -2.35. The van der Waals surface area contributed by atoms with Crippen LogP contribution in [-0.4, -0.2) is 23.3 Å². The third kappa shape index (κ3) is 7.16. The van der Waals surface area contributed by atoms with E-state index in [1.165, 1.54) is 12.8 Å². The first-order chi connectivity index (χ1) is 7.95. The molecule has 0 aromatic carbocycles. The molecule has 0 amide bonds. The standard InChI is InChI=1S/C14H26O3/c1-5-7-8-9-10-14(16,6-2)11-17-13(15)12(3)4/h16H,3,5-11H2,1-2,4H3. The number of esters is 1. The van der Waals surface area contributed by atoms with Crippen LogP contribution < -0.4 is 0 Å². The summed E-state index contributed by atoms with van der Waals surface area (Å²) in [4.78, 5) is 11.2. The Balaban J connectivity index is 4.00. The van der Waals surface area contributed by atoms with E-state index in [1.807, 2.05) is 6.92 Å². The molecule has 0 saturated heterocycles. The van der Waals surface area contributed by atoms with Crippen molar-refractivity contribution in [2.75, 3.05) is 6.61 Å². The Morgan fingerprint density at radius 2 is 1.94 bits per heavy atom. The summed E-state index contributed by atoms with van der Waals surface area (Å²) in [6.07, 6.45) is 5.74.